The van der Waals surface area contributed by atoms with Crippen LogP contribution < -0.4 is 15.4 Å². The van der Waals surface area contributed by atoms with Gasteiger partial charge in [0, 0.05) is 23.9 Å². The van der Waals surface area contributed by atoms with Crippen LogP contribution in [0, 0.1) is 0 Å². The van der Waals surface area contributed by atoms with Crippen molar-refractivity contribution in [1.82, 2.24) is 5.32 Å². The number of amides is 1. The van der Waals surface area contributed by atoms with Gasteiger partial charge in [0.1, 0.15) is 12.4 Å². The van der Waals surface area contributed by atoms with Crippen LogP contribution in [0.25, 0.3) is 6.08 Å². The van der Waals surface area contributed by atoms with E-state index >= 15 is 0 Å². The van der Waals surface area contributed by atoms with Gasteiger partial charge in [-0.25, -0.2) is 0 Å². The van der Waals surface area contributed by atoms with Crippen LogP contribution >= 0.6 is 23.8 Å². The number of nitrogens with one attached hydrogen (secondary N) is 2. The van der Waals surface area contributed by atoms with Crippen molar-refractivity contribution in [1.29, 1.82) is 0 Å². The van der Waals surface area contributed by atoms with E-state index < -0.39 is 0 Å². The molecule has 0 atom stereocenters. The molecular formula is C19H19ClN2O3S. The molecule has 0 aromatic heterocycles. The number of thiocarbonyl (C=S) groups is 1. The van der Waals surface area contributed by atoms with Crippen molar-refractivity contribution in [3.63, 3.8) is 0 Å². The number of hydrogen-bond donors (Lipinski definition) is 2. The first-order valence-corrected chi connectivity index (χ1v) is 8.63. The van der Waals surface area contributed by atoms with Crippen LogP contribution in [0.4, 0.5) is 5.69 Å². The Hall–Kier alpha value is -2.41. The van der Waals surface area contributed by atoms with Gasteiger partial charge in [-0.15, -0.1) is 0 Å². The predicted molar refractivity (Wildman–Crippen MR) is 109 cm³/mol. The van der Waals surface area contributed by atoms with Gasteiger partial charge in [0.2, 0.25) is 5.91 Å². The van der Waals surface area contributed by atoms with Gasteiger partial charge < -0.3 is 14.8 Å². The minimum Gasteiger partial charge on any atom is -0.491 e. The van der Waals surface area contributed by atoms with Gasteiger partial charge in [-0.2, -0.15) is 0 Å². The summed E-state index contributed by atoms with van der Waals surface area (Å²) in [5.74, 6) is 0.408. The van der Waals surface area contributed by atoms with E-state index in [9.17, 15) is 4.79 Å². The molecule has 0 spiro atoms. The fraction of sp³-hybridized carbons (Fsp3) is 0.158. The van der Waals surface area contributed by atoms with Crippen molar-refractivity contribution in [2.24, 2.45) is 0 Å². The smallest absolute Gasteiger partial charge is 0.250 e. The first-order chi connectivity index (χ1) is 12.6. The Labute approximate surface area is 163 Å². The van der Waals surface area contributed by atoms with E-state index in [4.69, 9.17) is 33.3 Å². The molecule has 0 aliphatic heterocycles. The van der Waals surface area contributed by atoms with Gasteiger partial charge in [-0.05, 0) is 60.3 Å². The number of carbonyl (C=O) groups is 1. The molecule has 1 amide bonds. The lowest BCUT2D eigenvalue weighted by atomic mass is 10.2. The highest BCUT2D eigenvalue weighted by atomic mass is 35.5. The zero-order valence-corrected chi connectivity index (χ0v) is 15.8. The lowest BCUT2D eigenvalue weighted by Crippen LogP contribution is -2.32. The summed E-state index contributed by atoms with van der Waals surface area (Å²) in [7, 11) is 1.62. The van der Waals surface area contributed by atoms with Crippen LogP contribution in [0.5, 0.6) is 5.75 Å². The average Bonchev–Trinajstić information content (AvgIpc) is 2.63. The maximum atomic E-state index is 11.9. The molecule has 0 bridgehead atoms. The average molecular weight is 391 g/mol. The van der Waals surface area contributed by atoms with Crippen molar-refractivity contribution in [3.8, 4) is 5.75 Å². The quantitative estimate of drug-likeness (QED) is 0.426. The van der Waals surface area contributed by atoms with Gasteiger partial charge in [0.25, 0.3) is 0 Å². The molecule has 0 heterocycles. The Bertz CT molecular complexity index is 761. The fourth-order valence-electron chi connectivity index (χ4n) is 1.94. The Morgan fingerprint density at radius 1 is 1.12 bits per heavy atom. The van der Waals surface area contributed by atoms with Gasteiger partial charge >= 0.3 is 0 Å². The Morgan fingerprint density at radius 2 is 1.81 bits per heavy atom. The second kappa shape index (κ2) is 10.6. The third kappa shape index (κ3) is 7.23. The Morgan fingerprint density at radius 3 is 2.46 bits per heavy atom. The van der Waals surface area contributed by atoms with Gasteiger partial charge in [-0.3, -0.25) is 10.1 Å². The van der Waals surface area contributed by atoms with Gasteiger partial charge in [0.05, 0.1) is 6.61 Å². The molecule has 7 heteroatoms. The Kier molecular flexibility index (Phi) is 8.08. The lowest BCUT2D eigenvalue weighted by Gasteiger charge is -2.09. The molecular weight excluding hydrogens is 372 g/mol. The molecule has 0 unspecified atom stereocenters. The summed E-state index contributed by atoms with van der Waals surface area (Å²) in [6.07, 6.45) is 3.09. The molecule has 0 saturated heterocycles. The number of rotatable bonds is 7. The standard InChI is InChI=1S/C19H19ClN2O3S/c1-24-12-13-25-17-9-7-16(8-10-17)21-19(26)22-18(23)11-4-14-2-5-15(20)6-3-14/h2-11H,12-13H2,1H3,(H2,21,22,23,26)/b11-4+. The second-order valence-corrected chi connectivity index (χ2v) is 6.04. The summed E-state index contributed by atoms with van der Waals surface area (Å²) in [6.45, 7) is 1.01. The van der Waals surface area contributed by atoms with E-state index in [1.807, 2.05) is 36.4 Å². The third-order valence-corrected chi connectivity index (χ3v) is 3.66. The molecule has 136 valence electrons. The van der Waals surface area contributed by atoms with E-state index in [1.165, 1.54) is 6.08 Å². The van der Waals surface area contributed by atoms with E-state index in [0.29, 0.717) is 18.2 Å². The maximum absolute atomic E-state index is 11.9. The summed E-state index contributed by atoms with van der Waals surface area (Å²) in [6, 6.07) is 14.4. The molecule has 2 N–H and O–H groups in total. The van der Waals surface area contributed by atoms with Gasteiger partial charge in [-0.1, -0.05) is 23.7 Å². The fourth-order valence-corrected chi connectivity index (χ4v) is 2.28. The summed E-state index contributed by atoms with van der Waals surface area (Å²) < 4.78 is 10.4. The van der Waals surface area contributed by atoms with Crippen LogP contribution in [0.15, 0.2) is 54.6 Å². The van der Waals surface area contributed by atoms with Crippen LogP contribution in [0.3, 0.4) is 0 Å². The number of carbonyl (C=O) groups excluding carboxylic acids is 1. The first-order valence-electron chi connectivity index (χ1n) is 7.84. The highest BCUT2D eigenvalue weighted by Gasteiger charge is 2.02. The number of anilines is 1. The Balaban J connectivity index is 1.80. The molecule has 2 rings (SSSR count). The van der Waals surface area contributed by atoms with Crippen molar-refractivity contribution >= 4 is 46.6 Å². The van der Waals surface area contributed by atoms with Crippen LogP contribution in [0.1, 0.15) is 5.56 Å². The number of methoxy groups -OCH3 is 1. The van der Waals surface area contributed by atoms with Crippen molar-refractivity contribution in [3.05, 3.63) is 65.2 Å². The number of benzene rings is 2. The monoisotopic (exact) mass is 390 g/mol. The molecule has 0 aliphatic rings. The molecule has 0 fully saturated rings. The molecule has 0 saturated carbocycles. The van der Waals surface area contributed by atoms with Crippen LogP contribution in [-0.4, -0.2) is 31.3 Å². The highest BCUT2D eigenvalue weighted by molar-refractivity contribution is 7.80. The summed E-state index contributed by atoms with van der Waals surface area (Å²) >= 11 is 11.0. The SMILES string of the molecule is COCCOc1ccc(NC(=S)NC(=O)/C=C/c2ccc(Cl)cc2)cc1. The lowest BCUT2D eigenvalue weighted by molar-refractivity contribution is -0.115. The number of ether oxygens (including phenoxy) is 2. The molecule has 26 heavy (non-hydrogen) atoms. The molecule has 5 nitrogen and oxygen atoms in total. The molecule has 0 radical (unpaired) electrons. The number of hydrogen-bond acceptors (Lipinski definition) is 4. The predicted octanol–water partition coefficient (Wildman–Crippen LogP) is 3.89. The van der Waals surface area contributed by atoms with Crippen molar-refractivity contribution < 1.29 is 14.3 Å². The minimum absolute atomic E-state index is 0.212. The summed E-state index contributed by atoms with van der Waals surface area (Å²) in [5.41, 5.74) is 1.61. The largest absolute Gasteiger partial charge is 0.491 e. The number of halogens is 1. The minimum atomic E-state index is -0.322. The second-order valence-electron chi connectivity index (χ2n) is 5.19. The zero-order chi connectivity index (χ0) is 18.8. The molecule has 2 aromatic carbocycles. The third-order valence-electron chi connectivity index (χ3n) is 3.20. The van der Waals surface area contributed by atoms with Crippen molar-refractivity contribution in [2.45, 2.75) is 0 Å². The van der Waals surface area contributed by atoms with Gasteiger partial charge in [0.15, 0.2) is 5.11 Å². The maximum Gasteiger partial charge on any atom is 0.250 e. The molecule has 2 aromatic rings. The van der Waals surface area contributed by atoms with E-state index in [0.717, 1.165) is 17.0 Å². The van der Waals surface area contributed by atoms with Crippen LogP contribution in [0.2, 0.25) is 5.02 Å². The summed E-state index contributed by atoms with van der Waals surface area (Å²) in [5, 5.41) is 6.39. The highest BCUT2D eigenvalue weighted by Crippen LogP contribution is 2.15. The summed E-state index contributed by atoms with van der Waals surface area (Å²) in [4.78, 5) is 11.9. The zero-order valence-electron chi connectivity index (χ0n) is 14.2. The van der Waals surface area contributed by atoms with E-state index in [-0.39, 0.29) is 11.0 Å². The molecule has 0 aliphatic carbocycles. The van der Waals surface area contributed by atoms with Crippen molar-refractivity contribution in [2.75, 3.05) is 25.6 Å². The van der Waals surface area contributed by atoms with E-state index in [2.05, 4.69) is 10.6 Å². The topological polar surface area (TPSA) is 59.6 Å². The normalized spacial score (nSPS) is 10.5. The van der Waals surface area contributed by atoms with E-state index in [1.54, 1.807) is 25.3 Å². The van der Waals surface area contributed by atoms with Crippen LogP contribution in [-0.2, 0) is 9.53 Å². The first kappa shape index (κ1) is 19.9.